The van der Waals surface area contributed by atoms with Gasteiger partial charge in [-0.3, -0.25) is 0 Å². The van der Waals surface area contributed by atoms with Crippen molar-refractivity contribution < 1.29 is 15.0 Å². The van der Waals surface area contributed by atoms with E-state index in [0.29, 0.717) is 22.0 Å². The molecule has 144 valence electrons. The van der Waals surface area contributed by atoms with Crippen molar-refractivity contribution in [3.05, 3.63) is 99.0 Å². The van der Waals surface area contributed by atoms with Gasteiger partial charge >= 0.3 is 5.97 Å². The lowest BCUT2D eigenvalue weighted by molar-refractivity contribution is 0.0693. The molecule has 2 atom stereocenters. The molecule has 0 aliphatic heterocycles. The van der Waals surface area contributed by atoms with Crippen LogP contribution in [0.2, 0.25) is 10.0 Å². The average molecular weight is 415 g/mol. The average Bonchev–Trinajstić information content (AvgIpc) is 2.67. The molecule has 0 radical (unpaired) electrons. The van der Waals surface area contributed by atoms with Crippen LogP contribution in [0.25, 0.3) is 0 Å². The lowest BCUT2D eigenvalue weighted by atomic mass is 9.81. The molecule has 2 N–H and O–H groups in total. The molecular weight excluding hydrogens is 395 g/mol. The third-order valence-corrected chi connectivity index (χ3v) is 5.67. The van der Waals surface area contributed by atoms with Crippen molar-refractivity contribution in [1.82, 2.24) is 0 Å². The van der Waals surface area contributed by atoms with Gasteiger partial charge in [-0.2, -0.15) is 0 Å². The van der Waals surface area contributed by atoms with Gasteiger partial charge in [0.1, 0.15) is 11.3 Å². The number of hydrogen-bond acceptors (Lipinski definition) is 2. The number of hydrogen-bond donors (Lipinski definition) is 2. The summed E-state index contributed by atoms with van der Waals surface area (Å²) in [6, 6.07) is 19.8. The zero-order valence-electron chi connectivity index (χ0n) is 15.3. The molecule has 3 rings (SSSR count). The van der Waals surface area contributed by atoms with E-state index in [-0.39, 0.29) is 23.1 Å². The number of rotatable bonds is 6. The van der Waals surface area contributed by atoms with Crippen molar-refractivity contribution in [2.75, 3.05) is 0 Å². The Balaban J connectivity index is 2.10. The van der Waals surface area contributed by atoms with Crippen molar-refractivity contribution in [3.8, 4) is 5.75 Å². The van der Waals surface area contributed by atoms with Crippen LogP contribution in [0, 0.1) is 0 Å². The Morgan fingerprint density at radius 3 is 1.96 bits per heavy atom. The molecule has 0 aliphatic carbocycles. The number of aromatic carboxylic acids is 1. The molecule has 0 saturated carbocycles. The third kappa shape index (κ3) is 4.16. The number of carboxylic acid groups (broad SMARTS) is 1. The minimum atomic E-state index is -1.17. The molecule has 0 amide bonds. The highest BCUT2D eigenvalue weighted by Crippen LogP contribution is 2.42. The summed E-state index contributed by atoms with van der Waals surface area (Å²) in [5, 5.41) is 21.3. The Labute approximate surface area is 174 Å². The van der Waals surface area contributed by atoms with E-state index in [1.165, 1.54) is 6.07 Å². The molecule has 2 unspecified atom stereocenters. The summed E-state index contributed by atoms with van der Waals surface area (Å²) >= 11 is 12.8. The number of para-hydroxylation sites is 1. The lowest BCUT2D eigenvalue weighted by Gasteiger charge is -2.25. The van der Waals surface area contributed by atoms with Gasteiger partial charge in [0.05, 0.1) is 0 Å². The van der Waals surface area contributed by atoms with Crippen molar-refractivity contribution >= 4 is 29.2 Å². The first-order valence-electron chi connectivity index (χ1n) is 8.94. The van der Waals surface area contributed by atoms with Crippen molar-refractivity contribution in [3.63, 3.8) is 0 Å². The maximum atomic E-state index is 11.5. The Morgan fingerprint density at radius 2 is 1.39 bits per heavy atom. The zero-order valence-corrected chi connectivity index (χ0v) is 16.8. The molecule has 5 heteroatoms. The number of benzene rings is 3. The molecular formula is C23H20Cl2O3. The van der Waals surface area contributed by atoms with Gasteiger partial charge in [-0.25, -0.2) is 4.79 Å². The van der Waals surface area contributed by atoms with Crippen LogP contribution < -0.4 is 0 Å². The molecule has 0 heterocycles. The largest absolute Gasteiger partial charge is 0.507 e. The molecule has 3 nitrogen and oxygen atoms in total. The molecule has 3 aromatic rings. The zero-order chi connectivity index (χ0) is 20.3. The van der Waals surface area contributed by atoms with Crippen LogP contribution in [0.15, 0.2) is 66.7 Å². The van der Waals surface area contributed by atoms with E-state index >= 15 is 0 Å². The third-order valence-electron chi connectivity index (χ3n) is 4.98. The fourth-order valence-corrected chi connectivity index (χ4v) is 4.14. The van der Waals surface area contributed by atoms with E-state index < -0.39 is 5.97 Å². The molecule has 28 heavy (non-hydrogen) atoms. The van der Waals surface area contributed by atoms with Crippen LogP contribution in [0.5, 0.6) is 5.75 Å². The number of phenols is 1. The maximum Gasteiger partial charge on any atom is 0.339 e. The molecule has 0 aromatic heterocycles. The Kier molecular flexibility index (Phi) is 6.28. The summed E-state index contributed by atoms with van der Waals surface area (Å²) in [7, 11) is 0. The predicted octanol–water partition coefficient (Wildman–Crippen LogP) is 6.72. The van der Waals surface area contributed by atoms with Gasteiger partial charge in [0.2, 0.25) is 0 Å². The van der Waals surface area contributed by atoms with Crippen molar-refractivity contribution in [2.45, 2.75) is 25.2 Å². The predicted molar refractivity (Wildman–Crippen MR) is 113 cm³/mol. The Hall–Kier alpha value is -2.49. The summed E-state index contributed by atoms with van der Waals surface area (Å²) < 4.78 is 0. The van der Waals surface area contributed by atoms with Crippen molar-refractivity contribution in [1.29, 1.82) is 0 Å². The van der Waals surface area contributed by atoms with E-state index in [2.05, 4.69) is 6.92 Å². The van der Waals surface area contributed by atoms with Crippen molar-refractivity contribution in [2.24, 2.45) is 0 Å². The van der Waals surface area contributed by atoms with Gasteiger partial charge in [0.25, 0.3) is 0 Å². The summed E-state index contributed by atoms with van der Waals surface area (Å²) in [5.74, 6) is -1.63. The highest BCUT2D eigenvalue weighted by molar-refractivity contribution is 6.31. The fraction of sp³-hybridized carbons (Fsp3) is 0.174. The van der Waals surface area contributed by atoms with E-state index in [0.717, 1.165) is 11.1 Å². The number of halogens is 2. The van der Waals surface area contributed by atoms with Gasteiger partial charge in [-0.1, -0.05) is 78.7 Å². The van der Waals surface area contributed by atoms with Crippen LogP contribution >= 0.6 is 23.2 Å². The first kappa shape index (κ1) is 20.2. The molecule has 3 aromatic carbocycles. The quantitative estimate of drug-likeness (QED) is 0.470. The minimum Gasteiger partial charge on any atom is -0.507 e. The van der Waals surface area contributed by atoms with E-state index in [1.54, 1.807) is 18.2 Å². The SMILES string of the molecule is CC(CC(c1ccccc1Cl)c1cccc(C(=O)O)c1O)c1ccccc1Cl. The Bertz CT molecular complexity index is 1000. The van der Waals surface area contributed by atoms with Gasteiger partial charge in [0.15, 0.2) is 0 Å². The van der Waals surface area contributed by atoms with E-state index in [9.17, 15) is 15.0 Å². The highest BCUT2D eigenvalue weighted by atomic mass is 35.5. The Morgan fingerprint density at radius 1 is 0.857 bits per heavy atom. The van der Waals surface area contributed by atoms with Gasteiger partial charge in [-0.15, -0.1) is 0 Å². The standard InChI is InChI=1S/C23H20Cl2O3/c1-14(15-7-2-4-11-20(15)24)13-19(16-8-3-5-12-21(16)25)17-9-6-10-18(22(17)26)23(27)28/h2-12,14,19,26H,13H2,1H3,(H,27,28). The van der Waals surface area contributed by atoms with Gasteiger partial charge < -0.3 is 10.2 Å². The van der Waals surface area contributed by atoms with E-state index in [4.69, 9.17) is 23.2 Å². The van der Waals surface area contributed by atoms with Crippen LogP contribution in [-0.2, 0) is 0 Å². The van der Waals surface area contributed by atoms with Gasteiger partial charge in [-0.05, 0) is 41.7 Å². The molecule has 0 aliphatic rings. The lowest BCUT2D eigenvalue weighted by Crippen LogP contribution is -2.09. The molecule has 0 fully saturated rings. The minimum absolute atomic E-state index is 0.0582. The summed E-state index contributed by atoms with van der Waals surface area (Å²) in [6.45, 7) is 2.06. The first-order chi connectivity index (χ1) is 13.4. The first-order valence-corrected chi connectivity index (χ1v) is 9.69. The highest BCUT2D eigenvalue weighted by Gasteiger charge is 2.26. The number of aromatic hydroxyl groups is 1. The fourth-order valence-electron chi connectivity index (χ4n) is 3.55. The second-order valence-electron chi connectivity index (χ2n) is 6.78. The second-order valence-corrected chi connectivity index (χ2v) is 7.60. The smallest absolute Gasteiger partial charge is 0.339 e. The molecule has 0 saturated heterocycles. The second kappa shape index (κ2) is 8.68. The van der Waals surface area contributed by atoms with Crippen LogP contribution in [0.1, 0.15) is 52.2 Å². The topological polar surface area (TPSA) is 57.5 Å². The summed E-state index contributed by atoms with van der Waals surface area (Å²) in [5.41, 5.74) is 2.24. The normalized spacial score (nSPS) is 13.1. The van der Waals surface area contributed by atoms with E-state index in [1.807, 2.05) is 42.5 Å². The maximum absolute atomic E-state index is 11.5. The summed E-state index contributed by atoms with van der Waals surface area (Å²) in [4.78, 5) is 11.5. The summed E-state index contributed by atoms with van der Waals surface area (Å²) in [6.07, 6.45) is 0.601. The molecule has 0 spiro atoms. The van der Waals surface area contributed by atoms with Gasteiger partial charge in [0, 0.05) is 21.5 Å². The monoisotopic (exact) mass is 414 g/mol. The van der Waals surface area contributed by atoms with Crippen LogP contribution in [0.3, 0.4) is 0 Å². The number of carbonyl (C=O) groups is 1. The van der Waals surface area contributed by atoms with Crippen LogP contribution in [0.4, 0.5) is 0 Å². The molecule has 0 bridgehead atoms. The number of carboxylic acids is 1. The van der Waals surface area contributed by atoms with Crippen LogP contribution in [-0.4, -0.2) is 16.2 Å².